The molecule has 156 valence electrons. The van der Waals surface area contributed by atoms with Crippen molar-refractivity contribution in [3.63, 3.8) is 0 Å². The van der Waals surface area contributed by atoms with E-state index in [0.717, 1.165) is 44.8 Å². The molecule has 0 N–H and O–H groups in total. The number of nitrogens with zero attached hydrogens (tertiary/aromatic N) is 4. The highest BCUT2D eigenvalue weighted by atomic mass is 16.5. The molecule has 0 aromatic carbocycles. The second kappa shape index (κ2) is 8.43. The van der Waals surface area contributed by atoms with Gasteiger partial charge < -0.3 is 18.9 Å². The van der Waals surface area contributed by atoms with Crippen LogP contribution in [0.15, 0.2) is 18.3 Å². The molecule has 2 aromatic heterocycles. The van der Waals surface area contributed by atoms with Crippen molar-refractivity contribution in [1.82, 2.24) is 19.4 Å². The number of imidazole rings is 1. The molecule has 1 aliphatic carbocycles. The molecule has 0 radical (unpaired) electrons. The number of amides is 1. The normalized spacial score (nSPS) is 17.4. The number of methoxy groups -OCH3 is 2. The van der Waals surface area contributed by atoms with Gasteiger partial charge in [-0.05, 0) is 50.5 Å². The van der Waals surface area contributed by atoms with Crippen molar-refractivity contribution < 1.29 is 14.3 Å². The van der Waals surface area contributed by atoms with E-state index in [1.165, 1.54) is 31.5 Å². The first kappa shape index (κ1) is 19.7. The smallest absolute Gasteiger partial charge is 0.259 e. The summed E-state index contributed by atoms with van der Waals surface area (Å²) in [6.45, 7) is 4.77. The van der Waals surface area contributed by atoms with Gasteiger partial charge in [0.05, 0.1) is 14.2 Å². The Bertz CT molecular complexity index is 867. The van der Waals surface area contributed by atoms with Gasteiger partial charge in [0.2, 0.25) is 11.8 Å². The number of hydrogen-bond acceptors (Lipinski definition) is 5. The molecular weight excluding hydrogens is 368 g/mol. The summed E-state index contributed by atoms with van der Waals surface area (Å²) >= 11 is 0. The number of pyridine rings is 1. The average Bonchev–Trinajstić information content (AvgIpc) is 3.52. The Kier molecular flexibility index (Phi) is 5.74. The summed E-state index contributed by atoms with van der Waals surface area (Å²) in [6, 6.07) is 3.43. The molecule has 0 unspecified atom stereocenters. The third kappa shape index (κ3) is 4.38. The lowest BCUT2D eigenvalue weighted by atomic mass is 9.93. The van der Waals surface area contributed by atoms with Gasteiger partial charge in [0.1, 0.15) is 11.4 Å². The minimum atomic E-state index is -0.0264. The molecule has 7 nitrogen and oxygen atoms in total. The van der Waals surface area contributed by atoms with E-state index in [9.17, 15) is 4.79 Å². The van der Waals surface area contributed by atoms with E-state index in [1.54, 1.807) is 19.2 Å². The Morgan fingerprint density at radius 2 is 1.86 bits per heavy atom. The van der Waals surface area contributed by atoms with Crippen LogP contribution in [0.25, 0.3) is 0 Å². The highest BCUT2D eigenvalue weighted by Crippen LogP contribution is 2.32. The van der Waals surface area contributed by atoms with Crippen LogP contribution >= 0.6 is 0 Å². The predicted molar refractivity (Wildman–Crippen MR) is 109 cm³/mol. The van der Waals surface area contributed by atoms with Gasteiger partial charge in [-0.15, -0.1) is 0 Å². The molecule has 0 spiro atoms. The van der Waals surface area contributed by atoms with Crippen LogP contribution in [-0.4, -0.2) is 52.7 Å². The largest absolute Gasteiger partial charge is 0.481 e. The first-order valence-corrected chi connectivity index (χ1v) is 10.5. The predicted octanol–water partition coefficient (Wildman–Crippen LogP) is 3.11. The number of hydrogen-bond donors (Lipinski definition) is 0. The van der Waals surface area contributed by atoms with Crippen LogP contribution in [0.4, 0.5) is 0 Å². The van der Waals surface area contributed by atoms with Crippen LogP contribution in [0.5, 0.6) is 11.8 Å². The zero-order valence-electron chi connectivity index (χ0n) is 17.6. The van der Waals surface area contributed by atoms with Crippen molar-refractivity contribution in [3.8, 4) is 11.8 Å². The first-order valence-electron chi connectivity index (χ1n) is 10.5. The van der Waals surface area contributed by atoms with E-state index in [2.05, 4.69) is 21.5 Å². The number of carbonyl (C=O) groups excluding carboxylic acids is 1. The van der Waals surface area contributed by atoms with Crippen molar-refractivity contribution in [2.45, 2.75) is 45.6 Å². The fourth-order valence-electron chi connectivity index (χ4n) is 4.11. The molecule has 1 saturated carbocycles. The topological polar surface area (TPSA) is 69.5 Å². The summed E-state index contributed by atoms with van der Waals surface area (Å²) in [4.78, 5) is 23.8. The van der Waals surface area contributed by atoms with Gasteiger partial charge in [-0.25, -0.2) is 4.98 Å². The lowest BCUT2D eigenvalue weighted by Gasteiger charge is -2.32. The number of aryl methyl sites for hydroxylation is 1. The van der Waals surface area contributed by atoms with Crippen molar-refractivity contribution in [2.75, 3.05) is 27.3 Å². The average molecular weight is 399 g/mol. The van der Waals surface area contributed by atoms with Gasteiger partial charge in [0.25, 0.3) is 5.91 Å². The summed E-state index contributed by atoms with van der Waals surface area (Å²) in [5, 5.41) is 0. The maximum Gasteiger partial charge on any atom is 0.259 e. The fourth-order valence-corrected chi connectivity index (χ4v) is 4.11. The number of carbonyl (C=O) groups is 1. The Labute approximate surface area is 172 Å². The summed E-state index contributed by atoms with van der Waals surface area (Å²) in [5.74, 6) is 3.34. The monoisotopic (exact) mass is 398 g/mol. The molecule has 0 atom stereocenters. The van der Waals surface area contributed by atoms with Crippen LogP contribution in [0, 0.1) is 18.8 Å². The Morgan fingerprint density at radius 1 is 1.10 bits per heavy atom. The fraction of sp³-hybridized carbons (Fsp3) is 0.591. The van der Waals surface area contributed by atoms with Crippen molar-refractivity contribution >= 4 is 5.91 Å². The summed E-state index contributed by atoms with van der Waals surface area (Å²) in [5.41, 5.74) is 1.75. The molecule has 2 fully saturated rings. The molecule has 2 aliphatic rings. The van der Waals surface area contributed by atoms with Crippen LogP contribution in [-0.2, 0) is 13.0 Å². The van der Waals surface area contributed by atoms with Gasteiger partial charge in [-0.2, -0.15) is 4.98 Å². The number of ether oxygens (including phenoxy) is 2. The first-order chi connectivity index (χ1) is 14.1. The van der Waals surface area contributed by atoms with Crippen LogP contribution < -0.4 is 9.47 Å². The lowest BCUT2D eigenvalue weighted by molar-refractivity contribution is 0.0685. The van der Waals surface area contributed by atoms with E-state index in [0.29, 0.717) is 23.2 Å². The zero-order chi connectivity index (χ0) is 20.4. The van der Waals surface area contributed by atoms with Gasteiger partial charge in [0.15, 0.2) is 0 Å². The minimum absolute atomic E-state index is 0.0264. The molecule has 0 bridgehead atoms. The van der Waals surface area contributed by atoms with Crippen LogP contribution in [0.3, 0.4) is 0 Å². The quantitative estimate of drug-likeness (QED) is 0.717. The third-order valence-electron chi connectivity index (χ3n) is 6.12. The van der Waals surface area contributed by atoms with Gasteiger partial charge >= 0.3 is 0 Å². The molecule has 2 aromatic rings. The lowest BCUT2D eigenvalue weighted by Crippen LogP contribution is -2.39. The zero-order valence-corrected chi connectivity index (χ0v) is 17.6. The highest BCUT2D eigenvalue weighted by Gasteiger charge is 2.28. The third-order valence-corrected chi connectivity index (χ3v) is 6.12. The van der Waals surface area contributed by atoms with E-state index in [-0.39, 0.29) is 5.91 Å². The van der Waals surface area contributed by atoms with Gasteiger partial charge in [-0.1, -0.05) is 0 Å². The van der Waals surface area contributed by atoms with Gasteiger partial charge in [0, 0.05) is 44.0 Å². The molecule has 4 rings (SSSR count). The van der Waals surface area contributed by atoms with E-state index in [1.807, 2.05) is 11.1 Å². The molecule has 7 heteroatoms. The Morgan fingerprint density at radius 3 is 2.52 bits per heavy atom. The molecule has 3 heterocycles. The van der Waals surface area contributed by atoms with Crippen LogP contribution in [0.1, 0.15) is 47.6 Å². The molecule has 1 aliphatic heterocycles. The standard InChI is InChI=1S/C22H30N4O3/c1-15-13-23-19(26(15)14-17-4-5-17)12-16-8-10-25(11-9-16)22(27)18-6-7-20(28-2)24-21(18)29-3/h6-7,13,16-17H,4-5,8-12,14H2,1-3H3. The molecular formula is C22H30N4O3. The Hall–Kier alpha value is -2.57. The van der Waals surface area contributed by atoms with E-state index >= 15 is 0 Å². The molecule has 29 heavy (non-hydrogen) atoms. The van der Waals surface area contributed by atoms with E-state index in [4.69, 9.17) is 9.47 Å². The van der Waals surface area contributed by atoms with E-state index < -0.39 is 0 Å². The SMILES string of the molecule is COc1ccc(C(=O)N2CCC(Cc3ncc(C)n3CC3CC3)CC2)c(OC)n1. The number of likely N-dealkylation sites (tertiary alicyclic amines) is 1. The van der Waals surface area contributed by atoms with Crippen molar-refractivity contribution in [1.29, 1.82) is 0 Å². The second-order valence-corrected chi connectivity index (χ2v) is 8.22. The molecule has 1 amide bonds. The summed E-state index contributed by atoms with van der Waals surface area (Å²) in [7, 11) is 3.07. The van der Waals surface area contributed by atoms with Gasteiger partial charge in [-0.3, -0.25) is 4.79 Å². The minimum Gasteiger partial charge on any atom is -0.481 e. The maximum absolute atomic E-state index is 13.0. The summed E-state index contributed by atoms with van der Waals surface area (Å²) < 4.78 is 12.8. The maximum atomic E-state index is 13.0. The molecule has 1 saturated heterocycles. The summed E-state index contributed by atoms with van der Waals surface area (Å²) in [6.07, 6.45) is 7.68. The number of aromatic nitrogens is 3. The highest BCUT2D eigenvalue weighted by molar-refractivity contribution is 5.96. The van der Waals surface area contributed by atoms with Crippen molar-refractivity contribution in [2.24, 2.45) is 11.8 Å². The second-order valence-electron chi connectivity index (χ2n) is 8.22. The number of rotatable bonds is 7. The van der Waals surface area contributed by atoms with Crippen molar-refractivity contribution in [3.05, 3.63) is 35.4 Å². The number of piperidine rings is 1. The Balaban J connectivity index is 1.37. The van der Waals surface area contributed by atoms with Crippen LogP contribution in [0.2, 0.25) is 0 Å².